The number of carbonyl (C=O) groups is 2. The van der Waals surface area contributed by atoms with Crippen molar-refractivity contribution in [2.24, 2.45) is 5.92 Å². The third kappa shape index (κ3) is 4.75. The fourth-order valence-corrected chi connectivity index (χ4v) is 2.66. The number of benzene rings is 1. The number of hydrogen-bond acceptors (Lipinski definition) is 4. The van der Waals surface area contributed by atoms with Crippen molar-refractivity contribution in [2.45, 2.75) is 13.3 Å². The summed E-state index contributed by atoms with van der Waals surface area (Å²) in [6.07, 6.45) is 0.107. The van der Waals surface area contributed by atoms with Crippen LogP contribution in [0.2, 0.25) is 0 Å². The number of nitrogens with zero attached hydrogens (tertiary/aromatic N) is 1. The maximum absolute atomic E-state index is 14.0. The summed E-state index contributed by atoms with van der Waals surface area (Å²) in [6.45, 7) is 4.44. The van der Waals surface area contributed by atoms with E-state index in [0.29, 0.717) is 19.7 Å². The monoisotopic (exact) mass is 337 g/mol. The lowest BCUT2D eigenvalue weighted by molar-refractivity contribution is -0.126. The van der Waals surface area contributed by atoms with Crippen LogP contribution < -0.4 is 15.5 Å². The smallest absolute Gasteiger partial charge is 0.227 e. The van der Waals surface area contributed by atoms with Crippen LogP contribution in [0.5, 0.6) is 0 Å². The molecule has 2 rings (SSSR count). The van der Waals surface area contributed by atoms with Gasteiger partial charge in [0.2, 0.25) is 11.8 Å². The van der Waals surface area contributed by atoms with Crippen molar-refractivity contribution in [3.63, 3.8) is 0 Å². The summed E-state index contributed by atoms with van der Waals surface area (Å²) < 4.78 is 19.0. The predicted molar refractivity (Wildman–Crippen MR) is 89.4 cm³/mol. The standard InChI is InChI=1S/C17H24FN3O3/c1-12-3-4-15(14(18)9-12)21-11-13(10-16(21)22)17(23)20-6-5-19-7-8-24-2/h3-4,9,13,19H,5-8,10-11H2,1-2H3,(H,20,23). The van der Waals surface area contributed by atoms with Crippen molar-refractivity contribution in [1.82, 2.24) is 10.6 Å². The zero-order valence-corrected chi connectivity index (χ0v) is 14.1. The second-order valence-electron chi connectivity index (χ2n) is 5.89. The van der Waals surface area contributed by atoms with Gasteiger partial charge in [0, 0.05) is 39.7 Å². The maximum atomic E-state index is 14.0. The molecule has 0 saturated carbocycles. The van der Waals surface area contributed by atoms with E-state index in [1.807, 2.05) is 0 Å². The highest BCUT2D eigenvalue weighted by molar-refractivity contribution is 6.00. The molecule has 1 heterocycles. The van der Waals surface area contributed by atoms with E-state index in [-0.39, 0.29) is 30.5 Å². The van der Waals surface area contributed by atoms with Gasteiger partial charge >= 0.3 is 0 Å². The third-order valence-corrected chi connectivity index (χ3v) is 3.97. The minimum Gasteiger partial charge on any atom is -0.383 e. The highest BCUT2D eigenvalue weighted by atomic mass is 19.1. The van der Waals surface area contributed by atoms with Gasteiger partial charge < -0.3 is 20.3 Å². The third-order valence-electron chi connectivity index (χ3n) is 3.97. The fourth-order valence-electron chi connectivity index (χ4n) is 2.66. The molecule has 0 bridgehead atoms. The molecule has 2 amide bonds. The molecular formula is C17H24FN3O3. The Morgan fingerprint density at radius 2 is 2.17 bits per heavy atom. The van der Waals surface area contributed by atoms with Crippen LogP contribution in [-0.4, -0.2) is 51.7 Å². The number of amides is 2. The van der Waals surface area contributed by atoms with Gasteiger partial charge in [0.05, 0.1) is 18.2 Å². The van der Waals surface area contributed by atoms with Crippen LogP contribution in [0.25, 0.3) is 0 Å². The lowest BCUT2D eigenvalue weighted by Gasteiger charge is -2.17. The van der Waals surface area contributed by atoms with Gasteiger partial charge in [-0.05, 0) is 24.6 Å². The number of methoxy groups -OCH3 is 1. The molecule has 0 spiro atoms. The summed E-state index contributed by atoms with van der Waals surface area (Å²) in [4.78, 5) is 25.6. The molecule has 1 unspecified atom stereocenters. The van der Waals surface area contributed by atoms with Crippen molar-refractivity contribution in [1.29, 1.82) is 0 Å². The van der Waals surface area contributed by atoms with Gasteiger partial charge in [0.1, 0.15) is 5.82 Å². The number of nitrogens with one attached hydrogen (secondary N) is 2. The second-order valence-corrected chi connectivity index (χ2v) is 5.89. The summed E-state index contributed by atoms with van der Waals surface area (Å²) in [6, 6.07) is 4.73. The zero-order chi connectivity index (χ0) is 17.5. The molecule has 2 N–H and O–H groups in total. The molecule has 1 atom stereocenters. The van der Waals surface area contributed by atoms with Crippen LogP contribution in [0, 0.1) is 18.7 Å². The molecule has 1 aromatic carbocycles. The summed E-state index contributed by atoms with van der Waals surface area (Å²) in [7, 11) is 1.63. The van der Waals surface area contributed by atoms with Crippen molar-refractivity contribution < 1.29 is 18.7 Å². The van der Waals surface area contributed by atoms with Crippen LogP contribution in [0.4, 0.5) is 10.1 Å². The van der Waals surface area contributed by atoms with Crippen molar-refractivity contribution >= 4 is 17.5 Å². The van der Waals surface area contributed by atoms with Crippen molar-refractivity contribution in [3.8, 4) is 0 Å². The van der Waals surface area contributed by atoms with Gasteiger partial charge in [-0.1, -0.05) is 6.07 Å². The number of rotatable bonds is 8. The normalized spacial score (nSPS) is 17.4. The van der Waals surface area contributed by atoms with Gasteiger partial charge in [0.15, 0.2) is 0 Å². The van der Waals surface area contributed by atoms with Crippen LogP contribution in [0.3, 0.4) is 0 Å². The first-order valence-corrected chi connectivity index (χ1v) is 8.07. The molecule has 0 aliphatic carbocycles. The molecule has 7 heteroatoms. The minimum absolute atomic E-state index is 0.107. The molecule has 6 nitrogen and oxygen atoms in total. The Morgan fingerprint density at radius 3 is 2.88 bits per heavy atom. The Labute approximate surface area is 141 Å². The lowest BCUT2D eigenvalue weighted by Crippen LogP contribution is -2.37. The van der Waals surface area contributed by atoms with Crippen molar-refractivity contribution in [3.05, 3.63) is 29.6 Å². The summed E-state index contributed by atoms with van der Waals surface area (Å²) in [5.41, 5.74) is 1.03. The molecule has 24 heavy (non-hydrogen) atoms. The molecule has 1 aliphatic heterocycles. The number of hydrogen-bond donors (Lipinski definition) is 2. The number of anilines is 1. The molecule has 1 fully saturated rings. The Balaban J connectivity index is 1.84. The predicted octanol–water partition coefficient (Wildman–Crippen LogP) is 0.839. The summed E-state index contributed by atoms with van der Waals surface area (Å²) in [5.74, 6) is -1.29. The van der Waals surface area contributed by atoms with Crippen LogP contribution in [-0.2, 0) is 14.3 Å². The first-order valence-electron chi connectivity index (χ1n) is 8.07. The van der Waals surface area contributed by atoms with Gasteiger partial charge in [-0.2, -0.15) is 0 Å². The molecule has 1 aromatic rings. The molecular weight excluding hydrogens is 313 g/mol. The fraction of sp³-hybridized carbons (Fsp3) is 0.529. The van der Waals surface area contributed by atoms with E-state index in [2.05, 4.69) is 10.6 Å². The van der Waals surface area contributed by atoms with Gasteiger partial charge in [-0.15, -0.1) is 0 Å². The molecule has 132 valence electrons. The van der Waals surface area contributed by atoms with E-state index in [0.717, 1.165) is 12.1 Å². The SMILES string of the molecule is COCCNCCNC(=O)C1CC(=O)N(c2ccc(C)cc2F)C1. The zero-order valence-electron chi connectivity index (χ0n) is 14.1. The van der Waals surface area contributed by atoms with E-state index in [4.69, 9.17) is 4.74 Å². The quantitative estimate of drug-likeness (QED) is 0.690. The van der Waals surface area contributed by atoms with E-state index < -0.39 is 11.7 Å². The van der Waals surface area contributed by atoms with E-state index in [1.165, 1.54) is 11.0 Å². The Morgan fingerprint density at radius 1 is 1.38 bits per heavy atom. The highest BCUT2D eigenvalue weighted by Gasteiger charge is 2.35. The number of carbonyl (C=O) groups excluding carboxylic acids is 2. The average Bonchev–Trinajstić information content (AvgIpc) is 2.92. The number of halogens is 1. The molecule has 1 aliphatic rings. The molecule has 1 saturated heterocycles. The minimum atomic E-state index is -0.447. The van der Waals surface area contributed by atoms with Crippen LogP contribution in [0.1, 0.15) is 12.0 Å². The summed E-state index contributed by atoms with van der Waals surface area (Å²) >= 11 is 0. The summed E-state index contributed by atoms with van der Waals surface area (Å²) in [5, 5.41) is 5.92. The maximum Gasteiger partial charge on any atom is 0.227 e. The van der Waals surface area contributed by atoms with Gasteiger partial charge in [-0.3, -0.25) is 9.59 Å². The van der Waals surface area contributed by atoms with Gasteiger partial charge in [-0.25, -0.2) is 4.39 Å². The first-order chi connectivity index (χ1) is 11.5. The van der Waals surface area contributed by atoms with E-state index in [1.54, 1.807) is 26.2 Å². The van der Waals surface area contributed by atoms with Crippen molar-refractivity contribution in [2.75, 3.05) is 44.8 Å². The number of aryl methyl sites for hydroxylation is 1. The molecule has 0 aromatic heterocycles. The Hall–Kier alpha value is -1.99. The lowest BCUT2D eigenvalue weighted by atomic mass is 10.1. The molecule has 0 radical (unpaired) electrons. The topological polar surface area (TPSA) is 70.7 Å². The largest absolute Gasteiger partial charge is 0.383 e. The second kappa shape index (κ2) is 8.75. The van der Waals surface area contributed by atoms with Gasteiger partial charge in [0.25, 0.3) is 0 Å². The highest BCUT2D eigenvalue weighted by Crippen LogP contribution is 2.28. The first kappa shape index (κ1) is 18.4. The average molecular weight is 337 g/mol. The Kier molecular flexibility index (Phi) is 6.69. The van der Waals surface area contributed by atoms with E-state index in [9.17, 15) is 14.0 Å². The number of ether oxygens (including phenoxy) is 1. The Bertz CT molecular complexity index is 594. The van der Waals surface area contributed by atoms with E-state index >= 15 is 0 Å². The van der Waals surface area contributed by atoms with Crippen LogP contribution >= 0.6 is 0 Å². The van der Waals surface area contributed by atoms with Crippen LogP contribution in [0.15, 0.2) is 18.2 Å².